The maximum atomic E-state index is 13.5. The van der Waals surface area contributed by atoms with Crippen LogP contribution in [0.2, 0.25) is 0 Å². The Morgan fingerprint density at radius 1 is 1.00 bits per heavy atom. The van der Waals surface area contributed by atoms with Crippen LogP contribution in [0.3, 0.4) is 0 Å². The molecule has 7 nitrogen and oxygen atoms in total. The summed E-state index contributed by atoms with van der Waals surface area (Å²) in [5, 5.41) is 3.29. The van der Waals surface area contributed by atoms with Crippen molar-refractivity contribution in [1.82, 2.24) is 9.55 Å². The van der Waals surface area contributed by atoms with E-state index < -0.39 is 17.2 Å². The van der Waals surface area contributed by atoms with E-state index in [2.05, 4.69) is 10.3 Å². The first kappa shape index (κ1) is 20.2. The van der Waals surface area contributed by atoms with Gasteiger partial charge in [-0.1, -0.05) is 54.1 Å². The van der Waals surface area contributed by atoms with Gasteiger partial charge >= 0.3 is 5.69 Å². The van der Waals surface area contributed by atoms with E-state index in [0.717, 1.165) is 16.7 Å². The molecule has 162 valence electrons. The summed E-state index contributed by atoms with van der Waals surface area (Å²) in [6, 6.07) is 15.2. The maximum absolute atomic E-state index is 13.5. The molecule has 5 rings (SSSR count). The minimum Gasteiger partial charge on any atom is -0.385 e. The van der Waals surface area contributed by atoms with Crippen LogP contribution < -0.4 is 16.6 Å². The predicted octanol–water partition coefficient (Wildman–Crippen LogP) is 3.05. The second-order valence-electron chi connectivity index (χ2n) is 8.15. The number of Topliss-reactive ketones (excluding diaryl/α,β-unsaturated/α-hetero) is 1. The van der Waals surface area contributed by atoms with E-state index in [0.29, 0.717) is 47.8 Å². The summed E-state index contributed by atoms with van der Waals surface area (Å²) >= 11 is 0. The van der Waals surface area contributed by atoms with Crippen LogP contribution in [0.25, 0.3) is 5.70 Å². The van der Waals surface area contributed by atoms with Crippen molar-refractivity contribution in [3.05, 3.63) is 103 Å². The number of carbonyl (C=O) groups excluding carboxylic acids is 1. The lowest BCUT2D eigenvalue weighted by Crippen LogP contribution is -2.38. The Balaban J connectivity index is 1.78. The molecule has 0 fully saturated rings. The number of rotatable bonds is 5. The zero-order valence-electron chi connectivity index (χ0n) is 17.9. The van der Waals surface area contributed by atoms with Gasteiger partial charge in [0.2, 0.25) is 0 Å². The number of fused-ring (bicyclic) bond motifs is 3. The van der Waals surface area contributed by atoms with Crippen LogP contribution in [0, 0.1) is 6.92 Å². The molecule has 0 radical (unpaired) electrons. The minimum absolute atomic E-state index is 0.101. The maximum Gasteiger partial charge on any atom is 0.329 e. The molecule has 7 heteroatoms. The van der Waals surface area contributed by atoms with Crippen molar-refractivity contribution in [3.8, 4) is 0 Å². The molecule has 2 aromatic carbocycles. The predicted molar refractivity (Wildman–Crippen MR) is 122 cm³/mol. The van der Waals surface area contributed by atoms with Gasteiger partial charge in [0.05, 0.1) is 11.3 Å². The average Bonchev–Trinajstić information content (AvgIpc) is 3.07. The van der Waals surface area contributed by atoms with Gasteiger partial charge in [-0.05, 0) is 18.9 Å². The van der Waals surface area contributed by atoms with E-state index in [1.54, 1.807) is 13.2 Å². The number of ether oxygens (including phenoxy) is 1. The van der Waals surface area contributed by atoms with Crippen LogP contribution in [-0.4, -0.2) is 29.1 Å². The standard InChI is InChI=1S/C25H23N3O4/c1-14-8-10-15(11-9-14)18-19-21(16-6-3-4-7-17(16)22(19)29)26-23-20(18)24(30)27-25(31)28(23)12-5-13-32-2/h3-4,6-11,18,26H,5,12-13H2,1-2H3,(H,27,30,31)/t18-/m1/s1. The zero-order chi connectivity index (χ0) is 22.4. The van der Waals surface area contributed by atoms with Gasteiger partial charge in [0.25, 0.3) is 5.56 Å². The quantitative estimate of drug-likeness (QED) is 0.608. The fraction of sp³-hybridized carbons (Fsp3) is 0.240. The smallest absolute Gasteiger partial charge is 0.329 e. The molecule has 2 aliphatic rings. The fourth-order valence-electron chi connectivity index (χ4n) is 4.64. The van der Waals surface area contributed by atoms with Gasteiger partial charge in [-0.15, -0.1) is 0 Å². The molecule has 2 N–H and O–H groups in total. The number of benzene rings is 2. The van der Waals surface area contributed by atoms with Crippen molar-refractivity contribution in [2.75, 3.05) is 19.0 Å². The largest absolute Gasteiger partial charge is 0.385 e. The Morgan fingerprint density at radius 3 is 2.44 bits per heavy atom. The number of nitrogens with zero attached hydrogens (tertiary/aromatic N) is 1. The zero-order valence-corrected chi connectivity index (χ0v) is 17.9. The number of aromatic nitrogens is 2. The number of hydrogen-bond donors (Lipinski definition) is 2. The summed E-state index contributed by atoms with van der Waals surface area (Å²) in [5.41, 5.74) is 3.90. The third kappa shape index (κ3) is 3.05. The second kappa shape index (κ2) is 7.76. The third-order valence-electron chi connectivity index (χ3n) is 6.15. The number of nitrogens with one attached hydrogen (secondary N) is 2. The molecule has 1 atom stereocenters. The molecule has 0 spiro atoms. The number of anilines is 1. The number of allylic oxidation sites excluding steroid dienone is 1. The molecule has 0 unspecified atom stereocenters. The molecule has 1 aliphatic heterocycles. The van der Waals surface area contributed by atoms with E-state index in [1.807, 2.05) is 49.4 Å². The molecule has 0 saturated heterocycles. The first-order valence-corrected chi connectivity index (χ1v) is 10.6. The summed E-state index contributed by atoms with van der Waals surface area (Å²) in [6.45, 7) is 2.84. The van der Waals surface area contributed by atoms with E-state index in [4.69, 9.17) is 4.74 Å². The van der Waals surface area contributed by atoms with Crippen LogP contribution in [-0.2, 0) is 11.3 Å². The number of H-pyrrole nitrogens is 1. The fourth-order valence-corrected chi connectivity index (χ4v) is 4.64. The van der Waals surface area contributed by atoms with E-state index >= 15 is 0 Å². The Labute approximate surface area is 184 Å². The van der Waals surface area contributed by atoms with Gasteiger partial charge in [0, 0.05) is 42.9 Å². The van der Waals surface area contributed by atoms with Crippen molar-refractivity contribution in [1.29, 1.82) is 0 Å². The van der Waals surface area contributed by atoms with Crippen molar-refractivity contribution in [2.24, 2.45) is 0 Å². The van der Waals surface area contributed by atoms with Gasteiger partial charge in [-0.25, -0.2) is 4.79 Å². The lowest BCUT2D eigenvalue weighted by atomic mass is 9.81. The Kier molecular flexibility index (Phi) is 4.90. The van der Waals surface area contributed by atoms with Gasteiger partial charge in [-0.2, -0.15) is 0 Å². The van der Waals surface area contributed by atoms with Gasteiger partial charge in [0.1, 0.15) is 5.82 Å². The highest BCUT2D eigenvalue weighted by Crippen LogP contribution is 2.47. The van der Waals surface area contributed by atoms with E-state index in [-0.39, 0.29) is 5.78 Å². The second-order valence-corrected chi connectivity index (χ2v) is 8.15. The molecule has 1 aromatic heterocycles. The van der Waals surface area contributed by atoms with Gasteiger partial charge in [0.15, 0.2) is 5.78 Å². The number of aryl methyl sites for hydroxylation is 1. The Hall–Kier alpha value is -3.71. The number of aromatic amines is 1. The molecule has 2 heterocycles. The van der Waals surface area contributed by atoms with Crippen molar-refractivity contribution >= 4 is 17.3 Å². The van der Waals surface area contributed by atoms with Crippen molar-refractivity contribution in [2.45, 2.75) is 25.8 Å². The van der Waals surface area contributed by atoms with Crippen LogP contribution in [0.4, 0.5) is 5.82 Å². The van der Waals surface area contributed by atoms with Crippen molar-refractivity contribution < 1.29 is 9.53 Å². The van der Waals surface area contributed by atoms with Crippen LogP contribution in [0.15, 0.2) is 63.7 Å². The Morgan fingerprint density at radius 2 is 1.72 bits per heavy atom. The molecule has 0 amide bonds. The topological polar surface area (TPSA) is 93.2 Å². The SMILES string of the molecule is COCCCn1c2c(c(=O)[nH]c1=O)[C@H](c1ccc(C)cc1)C1=C(N2)c2ccccc2C1=O. The highest BCUT2D eigenvalue weighted by molar-refractivity contribution is 6.23. The third-order valence-corrected chi connectivity index (χ3v) is 6.15. The number of ketones is 1. The minimum atomic E-state index is -0.584. The lowest BCUT2D eigenvalue weighted by Gasteiger charge is -2.29. The number of methoxy groups -OCH3 is 1. The molecule has 0 saturated carbocycles. The molecule has 32 heavy (non-hydrogen) atoms. The van der Waals surface area contributed by atoms with Gasteiger partial charge < -0.3 is 10.1 Å². The van der Waals surface area contributed by atoms with Crippen LogP contribution >= 0.6 is 0 Å². The highest BCUT2D eigenvalue weighted by Gasteiger charge is 2.42. The molecule has 3 aromatic rings. The lowest BCUT2D eigenvalue weighted by molar-refractivity contribution is 0.103. The van der Waals surface area contributed by atoms with E-state index in [9.17, 15) is 14.4 Å². The summed E-state index contributed by atoms with van der Waals surface area (Å²) in [4.78, 5) is 41.8. The number of hydrogen-bond acceptors (Lipinski definition) is 5. The summed E-state index contributed by atoms with van der Waals surface area (Å²) in [7, 11) is 1.61. The first-order valence-electron chi connectivity index (χ1n) is 10.6. The number of carbonyl (C=O) groups is 1. The normalized spacial score (nSPS) is 16.4. The first-order chi connectivity index (χ1) is 15.5. The molecular formula is C25H23N3O4. The van der Waals surface area contributed by atoms with Crippen LogP contribution in [0.1, 0.15) is 45.0 Å². The molecular weight excluding hydrogens is 406 g/mol. The Bertz CT molecular complexity index is 1380. The molecule has 0 bridgehead atoms. The van der Waals surface area contributed by atoms with Crippen molar-refractivity contribution in [3.63, 3.8) is 0 Å². The summed E-state index contributed by atoms with van der Waals surface area (Å²) in [5.74, 6) is -0.251. The molecule has 1 aliphatic carbocycles. The summed E-state index contributed by atoms with van der Waals surface area (Å²) < 4.78 is 6.67. The van der Waals surface area contributed by atoms with Gasteiger partial charge in [-0.3, -0.25) is 19.1 Å². The average molecular weight is 429 g/mol. The monoisotopic (exact) mass is 429 g/mol. The highest BCUT2D eigenvalue weighted by atomic mass is 16.5. The van der Waals surface area contributed by atoms with Crippen LogP contribution in [0.5, 0.6) is 0 Å². The summed E-state index contributed by atoms with van der Waals surface area (Å²) in [6.07, 6.45) is 0.604. The van der Waals surface area contributed by atoms with E-state index in [1.165, 1.54) is 4.57 Å².